The molecule has 0 saturated carbocycles. The molecule has 0 aromatic rings. The lowest BCUT2D eigenvalue weighted by Crippen LogP contribution is -2.27. The van der Waals surface area contributed by atoms with Crippen LogP contribution in [-0.2, 0) is 4.74 Å². The van der Waals surface area contributed by atoms with Gasteiger partial charge < -0.3 is 10.5 Å². The predicted octanol–water partition coefficient (Wildman–Crippen LogP) is 0.207. The molecule has 2 aliphatic heterocycles. The molecule has 2 N–H and O–H groups in total. The molecule has 3 nitrogen and oxygen atoms in total. The molecule has 1 atom stereocenters. The first-order valence-electron chi connectivity index (χ1n) is 3.37. The van der Waals surface area contributed by atoms with E-state index in [1.165, 1.54) is 5.75 Å². The summed E-state index contributed by atoms with van der Waals surface area (Å²) in [5.74, 6) is 2.27. The van der Waals surface area contributed by atoms with Gasteiger partial charge in [-0.2, -0.15) is 11.8 Å². The second-order valence-corrected chi connectivity index (χ2v) is 3.87. The second-order valence-electron chi connectivity index (χ2n) is 2.77. The molecule has 1 saturated heterocycles. The van der Waals surface area contributed by atoms with Crippen LogP contribution in [0.25, 0.3) is 0 Å². The Kier molecular flexibility index (Phi) is 1.30. The van der Waals surface area contributed by atoms with E-state index in [0.717, 1.165) is 12.2 Å². The summed E-state index contributed by atoms with van der Waals surface area (Å²) in [5, 5.41) is 0. The van der Waals surface area contributed by atoms with E-state index < -0.39 is 0 Å². The standard InChI is InChI=1S/C6H10N2OS/c7-5-8-6(3-9-5)1-2-10-4-6/h1-4H2,(H2,7,8). The van der Waals surface area contributed by atoms with Gasteiger partial charge in [-0.1, -0.05) is 0 Å². The smallest absolute Gasteiger partial charge is 0.282 e. The Bertz CT molecular complexity index is 175. The maximum Gasteiger partial charge on any atom is 0.282 e. The van der Waals surface area contributed by atoms with Crippen LogP contribution in [0.5, 0.6) is 0 Å². The lowest BCUT2D eigenvalue weighted by molar-refractivity contribution is 0.268. The number of hydrogen-bond donors (Lipinski definition) is 1. The molecule has 1 fully saturated rings. The minimum absolute atomic E-state index is 0.0642. The maximum atomic E-state index is 5.41. The molecule has 0 aliphatic carbocycles. The van der Waals surface area contributed by atoms with Crippen molar-refractivity contribution in [3.05, 3.63) is 0 Å². The molecule has 2 aliphatic rings. The largest absolute Gasteiger partial charge is 0.463 e. The second kappa shape index (κ2) is 2.05. The van der Waals surface area contributed by atoms with Crippen molar-refractivity contribution < 1.29 is 4.74 Å². The molecular weight excluding hydrogens is 148 g/mol. The van der Waals surface area contributed by atoms with Crippen molar-refractivity contribution in [1.82, 2.24) is 0 Å². The minimum Gasteiger partial charge on any atom is -0.463 e. The van der Waals surface area contributed by atoms with E-state index in [9.17, 15) is 0 Å². The normalized spacial score (nSPS) is 38.2. The van der Waals surface area contributed by atoms with Gasteiger partial charge in [0, 0.05) is 5.75 Å². The SMILES string of the molecule is NC1=NC2(CCSC2)CO1. The third kappa shape index (κ3) is 0.868. The monoisotopic (exact) mass is 158 g/mol. The van der Waals surface area contributed by atoms with Crippen molar-refractivity contribution in [3.63, 3.8) is 0 Å². The van der Waals surface area contributed by atoms with Gasteiger partial charge in [0.1, 0.15) is 12.1 Å². The van der Waals surface area contributed by atoms with Crippen molar-refractivity contribution in [1.29, 1.82) is 0 Å². The summed E-state index contributed by atoms with van der Waals surface area (Å²) in [6, 6.07) is 0.377. The fourth-order valence-electron chi connectivity index (χ4n) is 1.31. The molecule has 0 aromatic heterocycles. The van der Waals surface area contributed by atoms with Crippen LogP contribution in [-0.4, -0.2) is 29.7 Å². The molecule has 4 heteroatoms. The summed E-state index contributed by atoms with van der Waals surface area (Å²) in [5.41, 5.74) is 5.47. The Morgan fingerprint density at radius 3 is 3.10 bits per heavy atom. The van der Waals surface area contributed by atoms with E-state index in [1.54, 1.807) is 0 Å². The summed E-state index contributed by atoms with van der Waals surface area (Å²) in [4.78, 5) is 4.27. The molecular formula is C6H10N2OS. The highest BCUT2D eigenvalue weighted by molar-refractivity contribution is 7.99. The van der Waals surface area contributed by atoms with Gasteiger partial charge >= 0.3 is 0 Å². The highest BCUT2D eigenvalue weighted by Gasteiger charge is 2.39. The lowest BCUT2D eigenvalue weighted by Gasteiger charge is -2.13. The van der Waals surface area contributed by atoms with Crippen LogP contribution in [0.15, 0.2) is 4.99 Å². The van der Waals surface area contributed by atoms with E-state index in [0.29, 0.717) is 12.6 Å². The number of hydrogen-bond acceptors (Lipinski definition) is 4. The van der Waals surface area contributed by atoms with Crippen LogP contribution in [0.2, 0.25) is 0 Å². The molecule has 0 amide bonds. The first-order valence-corrected chi connectivity index (χ1v) is 4.52. The van der Waals surface area contributed by atoms with Gasteiger partial charge in [-0.3, -0.25) is 0 Å². The number of ether oxygens (including phenoxy) is 1. The van der Waals surface area contributed by atoms with Crippen LogP contribution in [0, 0.1) is 0 Å². The zero-order valence-electron chi connectivity index (χ0n) is 5.67. The number of amidine groups is 1. The van der Waals surface area contributed by atoms with Gasteiger partial charge in [-0.25, -0.2) is 4.99 Å². The van der Waals surface area contributed by atoms with Crippen molar-refractivity contribution in [2.45, 2.75) is 12.0 Å². The number of nitrogens with two attached hydrogens (primary N) is 1. The minimum atomic E-state index is 0.0642. The Morgan fingerprint density at radius 1 is 1.70 bits per heavy atom. The highest BCUT2D eigenvalue weighted by atomic mass is 32.2. The molecule has 56 valence electrons. The average molecular weight is 158 g/mol. The van der Waals surface area contributed by atoms with E-state index >= 15 is 0 Å². The zero-order valence-corrected chi connectivity index (χ0v) is 6.49. The van der Waals surface area contributed by atoms with Crippen molar-refractivity contribution in [2.24, 2.45) is 10.7 Å². The van der Waals surface area contributed by atoms with Gasteiger partial charge in [-0.15, -0.1) is 0 Å². The van der Waals surface area contributed by atoms with Crippen LogP contribution in [0.4, 0.5) is 0 Å². The maximum absolute atomic E-state index is 5.41. The number of nitrogens with zero attached hydrogens (tertiary/aromatic N) is 1. The zero-order chi connectivity index (χ0) is 7.03. The molecule has 0 bridgehead atoms. The third-order valence-corrected chi connectivity index (χ3v) is 3.15. The van der Waals surface area contributed by atoms with Crippen molar-refractivity contribution in [2.75, 3.05) is 18.1 Å². The van der Waals surface area contributed by atoms with Crippen LogP contribution >= 0.6 is 11.8 Å². The van der Waals surface area contributed by atoms with Gasteiger partial charge in [0.15, 0.2) is 0 Å². The van der Waals surface area contributed by atoms with E-state index in [1.807, 2.05) is 11.8 Å². The van der Waals surface area contributed by atoms with Crippen molar-refractivity contribution >= 4 is 17.8 Å². The quantitative estimate of drug-likeness (QED) is 0.548. The number of aliphatic imine (C=N–C) groups is 1. The number of thioether (sulfide) groups is 1. The summed E-state index contributed by atoms with van der Waals surface area (Å²) < 4.78 is 5.11. The van der Waals surface area contributed by atoms with Gasteiger partial charge in [0.2, 0.25) is 0 Å². The Hall–Kier alpha value is -0.380. The van der Waals surface area contributed by atoms with Crippen LogP contribution in [0.3, 0.4) is 0 Å². The predicted molar refractivity (Wildman–Crippen MR) is 42.2 cm³/mol. The molecule has 10 heavy (non-hydrogen) atoms. The lowest BCUT2D eigenvalue weighted by atomic mass is 10.0. The first kappa shape index (κ1) is 6.34. The van der Waals surface area contributed by atoms with Crippen LogP contribution < -0.4 is 5.73 Å². The van der Waals surface area contributed by atoms with Gasteiger partial charge in [0.05, 0.1) is 0 Å². The van der Waals surface area contributed by atoms with Crippen LogP contribution in [0.1, 0.15) is 6.42 Å². The molecule has 1 spiro atoms. The molecule has 2 heterocycles. The van der Waals surface area contributed by atoms with E-state index in [-0.39, 0.29) is 5.54 Å². The Balaban J connectivity index is 2.16. The summed E-state index contributed by atoms with van der Waals surface area (Å²) in [7, 11) is 0. The topological polar surface area (TPSA) is 47.6 Å². The van der Waals surface area contributed by atoms with Gasteiger partial charge in [-0.05, 0) is 12.2 Å². The fraction of sp³-hybridized carbons (Fsp3) is 0.833. The fourth-order valence-corrected chi connectivity index (χ4v) is 2.65. The first-order chi connectivity index (χ1) is 4.81. The summed E-state index contributed by atoms with van der Waals surface area (Å²) in [6.07, 6.45) is 1.12. The Labute approximate surface area is 64.0 Å². The molecule has 0 aromatic carbocycles. The Morgan fingerprint density at radius 2 is 2.60 bits per heavy atom. The highest BCUT2D eigenvalue weighted by Crippen LogP contribution is 2.34. The van der Waals surface area contributed by atoms with E-state index in [2.05, 4.69) is 4.99 Å². The molecule has 2 rings (SSSR count). The van der Waals surface area contributed by atoms with E-state index in [4.69, 9.17) is 10.5 Å². The summed E-state index contributed by atoms with van der Waals surface area (Å²) >= 11 is 1.93. The molecule has 1 unspecified atom stereocenters. The third-order valence-electron chi connectivity index (χ3n) is 1.92. The summed E-state index contributed by atoms with van der Waals surface area (Å²) in [6.45, 7) is 0.700. The van der Waals surface area contributed by atoms with Gasteiger partial charge in [0.25, 0.3) is 6.02 Å². The number of rotatable bonds is 0. The average Bonchev–Trinajstić information content (AvgIpc) is 2.46. The van der Waals surface area contributed by atoms with Crippen molar-refractivity contribution in [3.8, 4) is 0 Å². The molecule has 0 radical (unpaired) electrons.